The number of ketones is 1. The van der Waals surface area contributed by atoms with Crippen molar-refractivity contribution in [3.05, 3.63) is 35.4 Å². The standard InChI is InChI=1S/C21H30N2O3/c1-4-21(26-15(3)24)11-9-17(10-12-21)14(2)19(25)13-16-5-7-18(8-6-16)20(22)23/h5-8,14,17H,4,9-13H2,1-3H3,(H3,22,23). The van der Waals surface area contributed by atoms with Gasteiger partial charge in [-0.05, 0) is 43.6 Å². The van der Waals surface area contributed by atoms with Crippen LogP contribution in [0.5, 0.6) is 0 Å². The molecule has 0 aromatic heterocycles. The number of esters is 1. The van der Waals surface area contributed by atoms with Gasteiger partial charge in [0, 0.05) is 24.8 Å². The van der Waals surface area contributed by atoms with E-state index in [0.717, 1.165) is 37.7 Å². The van der Waals surface area contributed by atoms with Gasteiger partial charge in [-0.2, -0.15) is 0 Å². The van der Waals surface area contributed by atoms with Gasteiger partial charge in [0.25, 0.3) is 0 Å². The lowest BCUT2D eigenvalue weighted by molar-refractivity contribution is -0.163. The van der Waals surface area contributed by atoms with Gasteiger partial charge in [-0.3, -0.25) is 15.0 Å². The lowest BCUT2D eigenvalue weighted by atomic mass is 9.71. The number of nitrogen functional groups attached to an aromatic ring is 1. The van der Waals surface area contributed by atoms with Gasteiger partial charge in [0.05, 0.1) is 0 Å². The molecule has 1 fully saturated rings. The fourth-order valence-corrected chi connectivity index (χ4v) is 3.93. The lowest BCUT2D eigenvalue weighted by Gasteiger charge is -2.40. The number of carbonyl (C=O) groups excluding carboxylic acids is 2. The van der Waals surface area contributed by atoms with E-state index in [2.05, 4.69) is 6.92 Å². The Bertz CT molecular complexity index is 658. The molecule has 3 N–H and O–H groups in total. The summed E-state index contributed by atoms with van der Waals surface area (Å²) in [5.74, 6) is 0.389. The third kappa shape index (κ3) is 4.93. The lowest BCUT2D eigenvalue weighted by Crippen LogP contribution is -2.40. The van der Waals surface area contributed by atoms with E-state index >= 15 is 0 Å². The Kier molecular flexibility index (Phi) is 6.57. The van der Waals surface area contributed by atoms with E-state index in [1.165, 1.54) is 6.92 Å². The summed E-state index contributed by atoms with van der Waals surface area (Å²) in [6, 6.07) is 7.30. The molecule has 1 aliphatic rings. The van der Waals surface area contributed by atoms with Crippen molar-refractivity contribution >= 4 is 17.6 Å². The Hall–Kier alpha value is -2.17. The van der Waals surface area contributed by atoms with E-state index in [0.29, 0.717) is 17.9 Å². The largest absolute Gasteiger partial charge is 0.459 e. The molecule has 0 saturated heterocycles. The van der Waals surface area contributed by atoms with Crippen LogP contribution in [0.1, 0.15) is 64.0 Å². The summed E-state index contributed by atoms with van der Waals surface area (Å²) >= 11 is 0. The Balaban J connectivity index is 1.92. The number of Topliss-reactive ketones (excluding diaryl/α,β-unsaturated/α-hetero) is 1. The van der Waals surface area contributed by atoms with Gasteiger partial charge in [-0.1, -0.05) is 38.1 Å². The van der Waals surface area contributed by atoms with Gasteiger partial charge in [0.2, 0.25) is 0 Å². The highest BCUT2D eigenvalue weighted by atomic mass is 16.6. The van der Waals surface area contributed by atoms with Crippen molar-refractivity contribution in [1.29, 1.82) is 5.41 Å². The van der Waals surface area contributed by atoms with Gasteiger partial charge in [0.1, 0.15) is 17.2 Å². The Morgan fingerprint density at radius 2 is 1.85 bits per heavy atom. The zero-order valence-electron chi connectivity index (χ0n) is 16.0. The highest BCUT2D eigenvalue weighted by Crippen LogP contribution is 2.40. The summed E-state index contributed by atoms with van der Waals surface area (Å²) in [5, 5.41) is 7.42. The smallest absolute Gasteiger partial charge is 0.303 e. The van der Waals surface area contributed by atoms with E-state index in [4.69, 9.17) is 15.9 Å². The number of carbonyl (C=O) groups is 2. The quantitative estimate of drug-likeness (QED) is 0.442. The van der Waals surface area contributed by atoms with Crippen LogP contribution in [0.4, 0.5) is 0 Å². The van der Waals surface area contributed by atoms with E-state index in [-0.39, 0.29) is 29.1 Å². The molecule has 0 radical (unpaired) electrons. The normalized spacial score (nSPS) is 23.9. The average Bonchev–Trinajstić information content (AvgIpc) is 2.61. The number of ether oxygens (including phenoxy) is 1. The summed E-state index contributed by atoms with van der Waals surface area (Å²) < 4.78 is 5.59. The molecule has 5 heteroatoms. The molecule has 0 spiro atoms. The summed E-state index contributed by atoms with van der Waals surface area (Å²) in [5.41, 5.74) is 6.74. The van der Waals surface area contributed by atoms with Crippen molar-refractivity contribution in [2.75, 3.05) is 0 Å². The van der Waals surface area contributed by atoms with Crippen LogP contribution in [0.2, 0.25) is 0 Å². The number of rotatable bonds is 7. The first-order valence-corrected chi connectivity index (χ1v) is 9.42. The summed E-state index contributed by atoms with van der Waals surface area (Å²) in [6.07, 6.45) is 4.72. The molecule has 0 heterocycles. The minimum Gasteiger partial charge on any atom is -0.459 e. The number of amidine groups is 1. The first-order chi connectivity index (χ1) is 12.3. The van der Waals surface area contributed by atoms with E-state index in [9.17, 15) is 9.59 Å². The SMILES string of the molecule is CCC1(OC(C)=O)CCC(C(C)C(=O)Cc2ccc(C(=N)N)cc2)CC1. The van der Waals surface area contributed by atoms with Crippen LogP contribution < -0.4 is 5.73 Å². The fourth-order valence-electron chi connectivity index (χ4n) is 3.93. The highest BCUT2D eigenvalue weighted by molar-refractivity contribution is 5.95. The molecular formula is C21H30N2O3. The van der Waals surface area contributed by atoms with Crippen LogP contribution in [0.3, 0.4) is 0 Å². The van der Waals surface area contributed by atoms with Crippen molar-refractivity contribution in [2.24, 2.45) is 17.6 Å². The number of nitrogens with one attached hydrogen (secondary N) is 1. The minimum atomic E-state index is -0.340. The van der Waals surface area contributed by atoms with Crippen molar-refractivity contribution in [2.45, 2.75) is 64.9 Å². The molecule has 0 amide bonds. The van der Waals surface area contributed by atoms with Crippen LogP contribution in [0, 0.1) is 17.2 Å². The zero-order valence-corrected chi connectivity index (χ0v) is 16.0. The summed E-state index contributed by atoms with van der Waals surface area (Å²) in [6.45, 7) is 5.54. The van der Waals surface area contributed by atoms with Gasteiger partial charge < -0.3 is 10.5 Å². The van der Waals surface area contributed by atoms with Crippen molar-refractivity contribution in [1.82, 2.24) is 0 Å². The molecule has 1 aliphatic carbocycles. The molecule has 0 bridgehead atoms. The maximum atomic E-state index is 12.7. The van der Waals surface area contributed by atoms with Crippen molar-refractivity contribution < 1.29 is 14.3 Å². The number of hydrogen-bond donors (Lipinski definition) is 2. The maximum Gasteiger partial charge on any atom is 0.303 e. The number of benzene rings is 1. The second kappa shape index (κ2) is 8.47. The Morgan fingerprint density at radius 1 is 1.27 bits per heavy atom. The predicted molar refractivity (Wildman–Crippen MR) is 102 cm³/mol. The molecular weight excluding hydrogens is 328 g/mol. The molecule has 142 valence electrons. The molecule has 5 nitrogen and oxygen atoms in total. The van der Waals surface area contributed by atoms with Crippen LogP contribution in [0.15, 0.2) is 24.3 Å². The van der Waals surface area contributed by atoms with Gasteiger partial charge in [-0.25, -0.2) is 0 Å². The second-order valence-corrected chi connectivity index (χ2v) is 7.51. The average molecular weight is 358 g/mol. The second-order valence-electron chi connectivity index (χ2n) is 7.51. The fraction of sp³-hybridized carbons (Fsp3) is 0.571. The zero-order chi connectivity index (χ0) is 19.3. The van der Waals surface area contributed by atoms with Crippen molar-refractivity contribution in [3.8, 4) is 0 Å². The first-order valence-electron chi connectivity index (χ1n) is 9.42. The predicted octanol–water partition coefficient (Wildman–Crippen LogP) is 3.62. The van der Waals surface area contributed by atoms with E-state index < -0.39 is 0 Å². The minimum absolute atomic E-state index is 0.00494. The molecule has 0 aliphatic heterocycles. The van der Waals surface area contributed by atoms with Gasteiger partial charge >= 0.3 is 5.97 Å². The molecule has 1 atom stereocenters. The molecule has 1 unspecified atom stereocenters. The topological polar surface area (TPSA) is 93.2 Å². The van der Waals surface area contributed by atoms with Crippen molar-refractivity contribution in [3.63, 3.8) is 0 Å². The molecule has 1 aromatic carbocycles. The first kappa shape index (κ1) is 20.1. The molecule has 26 heavy (non-hydrogen) atoms. The van der Waals surface area contributed by atoms with Crippen LogP contribution in [-0.4, -0.2) is 23.2 Å². The van der Waals surface area contributed by atoms with Crippen LogP contribution >= 0.6 is 0 Å². The summed E-state index contributed by atoms with van der Waals surface area (Å²) in [7, 11) is 0. The Labute approximate surface area is 155 Å². The van der Waals surface area contributed by atoms with E-state index in [1.807, 2.05) is 19.1 Å². The molecule has 1 aromatic rings. The van der Waals surface area contributed by atoms with Crippen LogP contribution in [-0.2, 0) is 20.7 Å². The highest BCUT2D eigenvalue weighted by Gasteiger charge is 2.39. The third-order valence-corrected chi connectivity index (χ3v) is 5.80. The molecule has 1 saturated carbocycles. The number of hydrogen-bond acceptors (Lipinski definition) is 4. The van der Waals surface area contributed by atoms with Crippen LogP contribution in [0.25, 0.3) is 0 Å². The third-order valence-electron chi connectivity index (χ3n) is 5.80. The van der Waals surface area contributed by atoms with Gasteiger partial charge in [0.15, 0.2) is 0 Å². The maximum absolute atomic E-state index is 12.7. The van der Waals surface area contributed by atoms with E-state index in [1.54, 1.807) is 12.1 Å². The van der Waals surface area contributed by atoms with Gasteiger partial charge in [-0.15, -0.1) is 0 Å². The Morgan fingerprint density at radius 3 is 2.31 bits per heavy atom. The monoisotopic (exact) mass is 358 g/mol. The molecule has 2 rings (SSSR count). The summed E-state index contributed by atoms with van der Waals surface area (Å²) in [4.78, 5) is 24.1. The number of nitrogens with two attached hydrogens (primary N) is 1.